The molecule has 0 unspecified atom stereocenters. The summed E-state index contributed by atoms with van der Waals surface area (Å²) >= 11 is 0. The quantitative estimate of drug-likeness (QED) is 0.716. The molecule has 3 aromatic carbocycles. The second kappa shape index (κ2) is 7.45. The summed E-state index contributed by atoms with van der Waals surface area (Å²) in [6, 6.07) is 19.0. The van der Waals surface area contributed by atoms with E-state index in [0.29, 0.717) is 11.3 Å². The Hall–Kier alpha value is -2.72. The first-order valence-electron chi connectivity index (χ1n) is 8.31. The molecule has 0 saturated heterocycles. The Bertz CT molecular complexity index is 902. The maximum absolute atomic E-state index is 13.5. The number of carbonyl (C=O) groups is 1. The van der Waals surface area contributed by atoms with Crippen molar-refractivity contribution in [3.63, 3.8) is 0 Å². The van der Waals surface area contributed by atoms with Crippen molar-refractivity contribution in [1.29, 1.82) is 0 Å². The van der Waals surface area contributed by atoms with Crippen molar-refractivity contribution < 1.29 is 9.18 Å². The molecule has 128 valence electrons. The number of carbonyl (C=O) groups excluding carboxylic acids is 1. The molecule has 1 atom stereocenters. The van der Waals surface area contributed by atoms with Gasteiger partial charge >= 0.3 is 0 Å². The van der Waals surface area contributed by atoms with E-state index in [4.69, 9.17) is 0 Å². The average Bonchev–Trinajstić information content (AvgIpc) is 2.62. The molecule has 0 aliphatic rings. The fourth-order valence-corrected chi connectivity index (χ4v) is 2.86. The summed E-state index contributed by atoms with van der Waals surface area (Å²) in [5.74, 6) is -0.523. The molecule has 0 bridgehead atoms. The van der Waals surface area contributed by atoms with Gasteiger partial charge in [-0.1, -0.05) is 48.5 Å². The van der Waals surface area contributed by atoms with Crippen LogP contribution >= 0.6 is 0 Å². The molecule has 0 aliphatic heterocycles. The van der Waals surface area contributed by atoms with Crippen LogP contribution < -0.4 is 10.6 Å². The summed E-state index contributed by atoms with van der Waals surface area (Å²) in [6.45, 7) is 3.87. The Morgan fingerprint density at radius 2 is 1.84 bits per heavy atom. The Kier molecular flexibility index (Phi) is 5.10. The lowest BCUT2D eigenvalue weighted by atomic mass is 10.00. The van der Waals surface area contributed by atoms with Crippen molar-refractivity contribution in [3.8, 4) is 0 Å². The van der Waals surface area contributed by atoms with E-state index in [1.54, 1.807) is 19.1 Å². The van der Waals surface area contributed by atoms with E-state index in [0.717, 1.165) is 5.56 Å². The zero-order valence-corrected chi connectivity index (χ0v) is 14.3. The van der Waals surface area contributed by atoms with E-state index in [2.05, 4.69) is 34.9 Å². The predicted octanol–water partition coefficient (Wildman–Crippen LogP) is 4.58. The Morgan fingerprint density at radius 1 is 1.08 bits per heavy atom. The van der Waals surface area contributed by atoms with Crippen LogP contribution in [0.5, 0.6) is 0 Å². The number of anilines is 1. The van der Waals surface area contributed by atoms with Gasteiger partial charge in [-0.05, 0) is 47.9 Å². The number of nitrogens with one attached hydrogen (secondary N) is 2. The molecule has 3 nitrogen and oxygen atoms in total. The molecular formula is C21H21FN2O. The van der Waals surface area contributed by atoms with E-state index in [9.17, 15) is 9.18 Å². The van der Waals surface area contributed by atoms with Crippen molar-refractivity contribution in [2.24, 2.45) is 0 Å². The minimum Gasteiger partial charge on any atom is -0.325 e. The fourth-order valence-electron chi connectivity index (χ4n) is 2.86. The summed E-state index contributed by atoms with van der Waals surface area (Å²) in [6.07, 6.45) is 0. The van der Waals surface area contributed by atoms with Crippen molar-refractivity contribution in [3.05, 3.63) is 77.6 Å². The molecule has 0 radical (unpaired) electrons. The molecule has 0 fully saturated rings. The number of hydrogen-bond donors (Lipinski definition) is 2. The van der Waals surface area contributed by atoms with E-state index in [1.165, 1.54) is 16.8 Å². The topological polar surface area (TPSA) is 41.1 Å². The van der Waals surface area contributed by atoms with Gasteiger partial charge < -0.3 is 10.6 Å². The highest BCUT2D eigenvalue weighted by Crippen LogP contribution is 2.23. The average molecular weight is 336 g/mol. The van der Waals surface area contributed by atoms with Crippen LogP contribution in [0.25, 0.3) is 10.8 Å². The van der Waals surface area contributed by atoms with Gasteiger partial charge in [-0.25, -0.2) is 4.39 Å². The smallest absolute Gasteiger partial charge is 0.238 e. The maximum Gasteiger partial charge on any atom is 0.238 e. The van der Waals surface area contributed by atoms with Crippen LogP contribution in [-0.4, -0.2) is 12.5 Å². The number of fused-ring (bicyclic) bond motifs is 1. The zero-order valence-electron chi connectivity index (χ0n) is 14.3. The van der Waals surface area contributed by atoms with Crippen LogP contribution in [0, 0.1) is 12.7 Å². The van der Waals surface area contributed by atoms with Gasteiger partial charge in [-0.3, -0.25) is 4.79 Å². The summed E-state index contributed by atoms with van der Waals surface area (Å²) < 4.78 is 13.5. The van der Waals surface area contributed by atoms with E-state index < -0.39 is 0 Å². The predicted molar refractivity (Wildman–Crippen MR) is 100 cm³/mol. The van der Waals surface area contributed by atoms with Gasteiger partial charge in [-0.2, -0.15) is 0 Å². The first kappa shape index (κ1) is 17.1. The van der Waals surface area contributed by atoms with Crippen LogP contribution in [0.2, 0.25) is 0 Å². The van der Waals surface area contributed by atoms with E-state index in [-0.39, 0.29) is 24.3 Å². The van der Waals surface area contributed by atoms with Gasteiger partial charge in [0, 0.05) is 11.7 Å². The molecule has 4 heteroatoms. The number of amides is 1. The van der Waals surface area contributed by atoms with Gasteiger partial charge in [0.15, 0.2) is 0 Å². The van der Waals surface area contributed by atoms with Crippen molar-refractivity contribution >= 4 is 22.4 Å². The third-order valence-corrected chi connectivity index (χ3v) is 4.31. The molecular weight excluding hydrogens is 315 g/mol. The van der Waals surface area contributed by atoms with E-state index in [1.807, 2.05) is 25.1 Å². The third-order valence-electron chi connectivity index (χ3n) is 4.31. The molecule has 0 heterocycles. The fraction of sp³-hybridized carbons (Fsp3) is 0.190. The highest BCUT2D eigenvalue weighted by atomic mass is 19.1. The first-order chi connectivity index (χ1) is 12.0. The maximum atomic E-state index is 13.5. The van der Waals surface area contributed by atoms with Crippen LogP contribution in [0.1, 0.15) is 24.1 Å². The second-order valence-corrected chi connectivity index (χ2v) is 6.18. The standard InChI is InChI=1S/C21H21FN2O/c1-14-10-11-17(12-20(14)22)24-21(25)13-23-15(2)18-9-5-7-16-6-3-4-8-19(16)18/h3-12,15,23H,13H2,1-2H3,(H,24,25)/t15-/m0/s1. The Morgan fingerprint density at radius 3 is 2.64 bits per heavy atom. The number of benzene rings is 3. The van der Waals surface area contributed by atoms with Crippen molar-refractivity contribution in [2.75, 3.05) is 11.9 Å². The van der Waals surface area contributed by atoms with Gasteiger partial charge in [-0.15, -0.1) is 0 Å². The largest absolute Gasteiger partial charge is 0.325 e. The van der Waals surface area contributed by atoms with Crippen molar-refractivity contribution in [1.82, 2.24) is 5.32 Å². The van der Waals surface area contributed by atoms with Crippen LogP contribution in [0.4, 0.5) is 10.1 Å². The Labute approximate surface area is 146 Å². The lowest BCUT2D eigenvalue weighted by Gasteiger charge is -2.16. The minimum atomic E-state index is -0.324. The first-order valence-corrected chi connectivity index (χ1v) is 8.31. The third kappa shape index (κ3) is 4.03. The molecule has 0 aliphatic carbocycles. The molecule has 3 rings (SSSR count). The minimum absolute atomic E-state index is 0.0200. The number of aryl methyl sites for hydroxylation is 1. The highest BCUT2D eigenvalue weighted by Gasteiger charge is 2.11. The van der Waals surface area contributed by atoms with Crippen LogP contribution in [0.15, 0.2) is 60.7 Å². The Balaban J connectivity index is 1.64. The SMILES string of the molecule is Cc1ccc(NC(=O)CN[C@@H](C)c2cccc3ccccc23)cc1F. The van der Waals surface area contributed by atoms with Crippen LogP contribution in [-0.2, 0) is 4.79 Å². The van der Waals surface area contributed by atoms with E-state index >= 15 is 0 Å². The summed E-state index contributed by atoms with van der Waals surface area (Å²) in [4.78, 5) is 12.1. The summed E-state index contributed by atoms with van der Waals surface area (Å²) in [7, 11) is 0. The second-order valence-electron chi connectivity index (χ2n) is 6.18. The molecule has 3 aromatic rings. The molecule has 0 saturated carbocycles. The number of halogens is 1. The summed E-state index contributed by atoms with van der Waals surface area (Å²) in [5.41, 5.74) is 2.17. The number of hydrogen-bond acceptors (Lipinski definition) is 2. The molecule has 1 amide bonds. The van der Waals surface area contributed by atoms with Gasteiger partial charge in [0.25, 0.3) is 0 Å². The highest BCUT2D eigenvalue weighted by molar-refractivity contribution is 5.92. The van der Waals surface area contributed by atoms with Crippen LogP contribution in [0.3, 0.4) is 0 Å². The lowest BCUT2D eigenvalue weighted by molar-refractivity contribution is -0.115. The normalized spacial score (nSPS) is 12.1. The molecule has 0 spiro atoms. The molecule has 0 aromatic heterocycles. The van der Waals surface area contributed by atoms with Gasteiger partial charge in [0.2, 0.25) is 5.91 Å². The van der Waals surface area contributed by atoms with Gasteiger partial charge in [0.05, 0.1) is 6.54 Å². The monoisotopic (exact) mass is 336 g/mol. The van der Waals surface area contributed by atoms with Crippen molar-refractivity contribution in [2.45, 2.75) is 19.9 Å². The zero-order chi connectivity index (χ0) is 17.8. The molecule has 2 N–H and O–H groups in total. The lowest BCUT2D eigenvalue weighted by Crippen LogP contribution is -2.30. The molecule has 25 heavy (non-hydrogen) atoms. The number of rotatable bonds is 5. The van der Waals surface area contributed by atoms with Gasteiger partial charge in [0.1, 0.15) is 5.82 Å². The summed E-state index contributed by atoms with van der Waals surface area (Å²) in [5, 5.41) is 8.29.